The van der Waals surface area contributed by atoms with Gasteiger partial charge in [0.1, 0.15) is 5.75 Å². The zero-order chi connectivity index (χ0) is 19.6. The number of rotatable bonds is 10. The van der Waals surface area contributed by atoms with E-state index in [1.165, 1.54) is 18.2 Å². The first kappa shape index (κ1) is 23.6. The second kappa shape index (κ2) is 12.1. The Morgan fingerprint density at radius 2 is 1.86 bits per heavy atom. The number of nitro groups is 1. The van der Waals surface area contributed by atoms with E-state index >= 15 is 0 Å². The summed E-state index contributed by atoms with van der Waals surface area (Å²) in [6.45, 7) is 2.45. The number of carbonyl (C=O) groups excluding carboxylic acids is 1. The van der Waals surface area contributed by atoms with Gasteiger partial charge in [0.05, 0.1) is 11.5 Å². The summed E-state index contributed by atoms with van der Waals surface area (Å²) < 4.78 is 10.5. The number of carbonyl (C=O) groups is 1. The van der Waals surface area contributed by atoms with E-state index in [1.807, 2.05) is 0 Å². The fourth-order valence-corrected chi connectivity index (χ4v) is 2.35. The Bertz CT molecular complexity index is 787. The van der Waals surface area contributed by atoms with Crippen molar-refractivity contribution in [1.29, 1.82) is 0 Å². The van der Waals surface area contributed by atoms with Crippen LogP contribution in [0.25, 0.3) is 0 Å². The van der Waals surface area contributed by atoms with Crippen molar-refractivity contribution in [3.63, 3.8) is 0 Å². The molecule has 10 heteroatoms. The number of nitrogens with one attached hydrogen (secondary N) is 2. The Morgan fingerprint density at radius 3 is 2.50 bits per heavy atom. The molecule has 0 aromatic heterocycles. The van der Waals surface area contributed by atoms with Crippen molar-refractivity contribution in [3.05, 3.63) is 63.2 Å². The molecular formula is C18H21Cl2N3O5. The monoisotopic (exact) mass is 429 g/mol. The Hall–Kier alpha value is -2.39. The molecule has 2 rings (SSSR count). The van der Waals surface area contributed by atoms with Gasteiger partial charge >= 0.3 is 5.69 Å². The lowest BCUT2D eigenvalue weighted by Gasteiger charge is -2.09. The maximum Gasteiger partial charge on any atom is 0.313 e. The molecule has 2 aromatic carbocycles. The number of hydrogen-bond acceptors (Lipinski definition) is 6. The molecule has 28 heavy (non-hydrogen) atoms. The summed E-state index contributed by atoms with van der Waals surface area (Å²) in [6.07, 6.45) is 0. The van der Waals surface area contributed by atoms with Crippen molar-refractivity contribution >= 4 is 35.6 Å². The number of ether oxygens (including phenoxy) is 2. The van der Waals surface area contributed by atoms with Crippen molar-refractivity contribution in [1.82, 2.24) is 10.6 Å². The predicted octanol–water partition coefficient (Wildman–Crippen LogP) is 3.43. The van der Waals surface area contributed by atoms with Crippen LogP contribution >= 0.6 is 24.0 Å². The van der Waals surface area contributed by atoms with Crippen molar-refractivity contribution < 1.29 is 19.2 Å². The first-order valence-corrected chi connectivity index (χ1v) is 8.59. The van der Waals surface area contributed by atoms with Gasteiger partial charge in [0.2, 0.25) is 5.75 Å². The van der Waals surface area contributed by atoms with Crippen LogP contribution in [-0.4, -0.2) is 44.2 Å². The number of nitro benzene ring substituents is 1. The standard InChI is InChI=1S/C18H20ClN3O5.ClH/c1-26-11-10-20-8-9-21-18(23)13-2-5-15(6-3-13)27-17-7-4-14(19)12-16(17)22(24)25;/h2-7,12,20H,8-11H2,1H3,(H,21,23);1H. The van der Waals surface area contributed by atoms with Crippen LogP contribution in [0, 0.1) is 10.1 Å². The highest BCUT2D eigenvalue weighted by atomic mass is 35.5. The normalized spacial score (nSPS) is 10.1. The molecule has 0 spiro atoms. The molecule has 1 amide bonds. The highest BCUT2D eigenvalue weighted by molar-refractivity contribution is 6.30. The van der Waals surface area contributed by atoms with Crippen LogP contribution in [0.15, 0.2) is 42.5 Å². The van der Waals surface area contributed by atoms with Crippen LogP contribution < -0.4 is 15.4 Å². The predicted molar refractivity (Wildman–Crippen MR) is 109 cm³/mol. The van der Waals surface area contributed by atoms with E-state index in [0.29, 0.717) is 31.0 Å². The Balaban J connectivity index is 0.00000392. The maximum absolute atomic E-state index is 12.1. The smallest absolute Gasteiger partial charge is 0.313 e. The third kappa shape index (κ3) is 7.32. The number of hydrogen-bond donors (Lipinski definition) is 2. The number of nitrogens with zero attached hydrogens (tertiary/aromatic N) is 1. The molecule has 0 bridgehead atoms. The van der Waals surface area contributed by atoms with Gasteiger partial charge in [-0.15, -0.1) is 12.4 Å². The topological polar surface area (TPSA) is 103 Å². The van der Waals surface area contributed by atoms with Crippen LogP contribution in [0.3, 0.4) is 0 Å². The lowest BCUT2D eigenvalue weighted by atomic mass is 10.2. The molecule has 2 aromatic rings. The molecule has 152 valence electrons. The van der Waals surface area contributed by atoms with Gasteiger partial charge in [-0.3, -0.25) is 14.9 Å². The number of halogens is 2. The summed E-state index contributed by atoms with van der Waals surface area (Å²) in [4.78, 5) is 22.6. The van der Waals surface area contributed by atoms with Crippen molar-refractivity contribution in [3.8, 4) is 11.5 Å². The molecule has 0 heterocycles. The fraction of sp³-hybridized carbons (Fsp3) is 0.278. The number of benzene rings is 2. The van der Waals surface area contributed by atoms with E-state index in [1.54, 1.807) is 31.4 Å². The van der Waals surface area contributed by atoms with Crippen LogP contribution in [-0.2, 0) is 4.74 Å². The zero-order valence-electron chi connectivity index (χ0n) is 15.1. The second-order valence-electron chi connectivity index (χ2n) is 5.49. The van der Waals surface area contributed by atoms with Gasteiger partial charge < -0.3 is 20.1 Å². The molecule has 8 nitrogen and oxygen atoms in total. The van der Waals surface area contributed by atoms with Gasteiger partial charge in [0.15, 0.2) is 0 Å². The SMILES string of the molecule is COCCNCCNC(=O)c1ccc(Oc2ccc(Cl)cc2[N+](=O)[O-])cc1.Cl. The molecule has 0 saturated heterocycles. The van der Waals surface area contributed by atoms with Gasteiger partial charge in [-0.2, -0.15) is 0 Å². The molecule has 0 aliphatic rings. The van der Waals surface area contributed by atoms with Gasteiger partial charge in [-0.05, 0) is 36.4 Å². The minimum absolute atomic E-state index is 0. The summed E-state index contributed by atoms with van der Waals surface area (Å²) in [6, 6.07) is 10.5. The average Bonchev–Trinajstić information content (AvgIpc) is 2.66. The van der Waals surface area contributed by atoms with E-state index in [0.717, 1.165) is 6.54 Å². The van der Waals surface area contributed by atoms with E-state index in [2.05, 4.69) is 10.6 Å². The average molecular weight is 430 g/mol. The van der Waals surface area contributed by atoms with Gasteiger partial charge in [-0.1, -0.05) is 11.6 Å². The van der Waals surface area contributed by atoms with E-state index < -0.39 is 4.92 Å². The lowest BCUT2D eigenvalue weighted by molar-refractivity contribution is -0.385. The Morgan fingerprint density at radius 1 is 1.14 bits per heavy atom. The third-order valence-electron chi connectivity index (χ3n) is 3.53. The van der Waals surface area contributed by atoms with Crippen LogP contribution in [0.5, 0.6) is 11.5 Å². The molecule has 0 aliphatic carbocycles. The largest absolute Gasteiger partial charge is 0.450 e. The molecule has 0 atom stereocenters. The van der Waals surface area contributed by atoms with Crippen LogP contribution in [0.1, 0.15) is 10.4 Å². The Labute approximate surface area is 173 Å². The molecular weight excluding hydrogens is 409 g/mol. The maximum atomic E-state index is 12.1. The van der Waals surface area contributed by atoms with Crippen molar-refractivity contribution in [2.75, 3.05) is 33.4 Å². The van der Waals surface area contributed by atoms with Gasteiger partial charge in [0, 0.05) is 43.4 Å². The van der Waals surface area contributed by atoms with Crippen LogP contribution in [0.4, 0.5) is 5.69 Å². The summed E-state index contributed by atoms with van der Waals surface area (Å²) >= 11 is 5.78. The highest BCUT2D eigenvalue weighted by Crippen LogP contribution is 2.33. The van der Waals surface area contributed by atoms with Crippen molar-refractivity contribution in [2.45, 2.75) is 0 Å². The first-order chi connectivity index (χ1) is 13.0. The van der Waals surface area contributed by atoms with E-state index in [4.69, 9.17) is 21.1 Å². The third-order valence-corrected chi connectivity index (χ3v) is 3.77. The van der Waals surface area contributed by atoms with Gasteiger partial charge in [-0.25, -0.2) is 0 Å². The van der Waals surface area contributed by atoms with E-state index in [-0.39, 0.29) is 34.8 Å². The molecule has 0 fully saturated rings. The molecule has 2 N–H and O–H groups in total. The minimum Gasteiger partial charge on any atom is -0.450 e. The van der Waals surface area contributed by atoms with E-state index in [9.17, 15) is 14.9 Å². The quantitative estimate of drug-likeness (QED) is 0.340. The first-order valence-electron chi connectivity index (χ1n) is 8.21. The molecule has 0 unspecified atom stereocenters. The summed E-state index contributed by atoms with van der Waals surface area (Å²) in [5.74, 6) is 0.231. The van der Waals surface area contributed by atoms with Gasteiger partial charge in [0.25, 0.3) is 5.91 Å². The molecule has 0 saturated carbocycles. The summed E-state index contributed by atoms with van der Waals surface area (Å²) in [7, 11) is 1.63. The second-order valence-corrected chi connectivity index (χ2v) is 5.93. The minimum atomic E-state index is -0.566. The Kier molecular flexibility index (Phi) is 10.3. The highest BCUT2D eigenvalue weighted by Gasteiger charge is 2.16. The summed E-state index contributed by atoms with van der Waals surface area (Å²) in [5, 5.41) is 17.3. The number of amides is 1. The zero-order valence-corrected chi connectivity index (χ0v) is 16.7. The fourth-order valence-electron chi connectivity index (χ4n) is 2.19. The molecule has 0 radical (unpaired) electrons. The lowest BCUT2D eigenvalue weighted by Crippen LogP contribution is -2.33. The van der Waals surface area contributed by atoms with Crippen LogP contribution in [0.2, 0.25) is 5.02 Å². The summed E-state index contributed by atoms with van der Waals surface area (Å²) in [5.41, 5.74) is 0.232. The molecule has 0 aliphatic heterocycles. The number of methoxy groups -OCH3 is 1. The van der Waals surface area contributed by atoms with Crippen molar-refractivity contribution in [2.24, 2.45) is 0 Å².